The number of carbonyl (C=O) groups excluding carboxylic acids is 1. The molecule has 0 aliphatic carbocycles. The molecule has 0 fully saturated rings. The van der Waals surface area contributed by atoms with Crippen LogP contribution in [0, 0.1) is 0 Å². The fourth-order valence-electron chi connectivity index (χ4n) is 3.43. The van der Waals surface area contributed by atoms with Crippen molar-refractivity contribution in [2.24, 2.45) is 0 Å². The monoisotopic (exact) mass is 488 g/mol. The molecule has 0 unspecified atom stereocenters. The molecule has 0 saturated carbocycles. The minimum Gasteiger partial charge on any atom is -0.423 e. The molecule has 0 spiro atoms. The molecule has 5 rings (SSSR count). The molecule has 0 amide bonds. The number of fused-ring (bicyclic) bond motifs is 2. The molecule has 0 radical (unpaired) electrons. The van der Waals surface area contributed by atoms with Crippen LogP contribution in [0.5, 0.6) is 5.75 Å². The van der Waals surface area contributed by atoms with Crippen LogP contribution in [0.3, 0.4) is 0 Å². The summed E-state index contributed by atoms with van der Waals surface area (Å²) in [5, 5.41) is 1.24. The first-order valence-electron chi connectivity index (χ1n) is 9.57. The molecule has 3 aromatic carbocycles. The van der Waals surface area contributed by atoms with Gasteiger partial charge in [-0.1, -0.05) is 34.1 Å². The lowest BCUT2D eigenvalue weighted by Gasteiger charge is -2.08. The Morgan fingerprint density at radius 1 is 0.781 bits per heavy atom. The first-order chi connectivity index (χ1) is 15.5. The Balaban J connectivity index is 1.58. The molecule has 2 aromatic heterocycles. The summed E-state index contributed by atoms with van der Waals surface area (Å²) in [5.41, 5.74) is 0.412. The minimum absolute atomic E-state index is 0.182. The standard InChI is InChI=1S/C25H13BrO6/c26-16-7-5-14(6-8-16)24(28)30-17-9-10-18-19(13-23(27)31-22(18)12-17)20-11-15-3-1-2-4-21(15)32-25(20)29/h1-13H. The third-order valence-electron chi connectivity index (χ3n) is 4.94. The zero-order valence-corrected chi connectivity index (χ0v) is 17.9. The van der Waals surface area contributed by atoms with Gasteiger partial charge < -0.3 is 13.6 Å². The van der Waals surface area contributed by atoms with Crippen LogP contribution in [0.2, 0.25) is 0 Å². The van der Waals surface area contributed by atoms with Crippen molar-refractivity contribution in [3.8, 4) is 16.9 Å². The fourth-order valence-corrected chi connectivity index (χ4v) is 3.70. The average Bonchev–Trinajstić information content (AvgIpc) is 2.78. The van der Waals surface area contributed by atoms with Crippen molar-refractivity contribution in [2.75, 3.05) is 0 Å². The predicted molar refractivity (Wildman–Crippen MR) is 123 cm³/mol. The Morgan fingerprint density at radius 2 is 1.56 bits per heavy atom. The molecule has 0 N–H and O–H groups in total. The number of hydrogen-bond acceptors (Lipinski definition) is 6. The third-order valence-corrected chi connectivity index (χ3v) is 5.47. The third kappa shape index (κ3) is 3.74. The van der Waals surface area contributed by atoms with Gasteiger partial charge in [0.15, 0.2) is 0 Å². The van der Waals surface area contributed by atoms with E-state index in [0.29, 0.717) is 22.1 Å². The summed E-state index contributed by atoms with van der Waals surface area (Å²) in [7, 11) is 0. The van der Waals surface area contributed by atoms with Crippen molar-refractivity contribution in [2.45, 2.75) is 0 Å². The molecule has 0 bridgehead atoms. The van der Waals surface area contributed by atoms with Gasteiger partial charge in [0, 0.05) is 32.9 Å². The van der Waals surface area contributed by atoms with Crippen molar-refractivity contribution in [3.05, 3.63) is 110 Å². The van der Waals surface area contributed by atoms with Crippen molar-refractivity contribution in [1.82, 2.24) is 0 Å². The normalized spacial score (nSPS) is 11.0. The lowest BCUT2D eigenvalue weighted by atomic mass is 10.0. The van der Waals surface area contributed by atoms with Gasteiger partial charge >= 0.3 is 17.2 Å². The highest BCUT2D eigenvalue weighted by Crippen LogP contribution is 2.30. The van der Waals surface area contributed by atoms with Gasteiger partial charge in [-0.05, 0) is 48.5 Å². The number of hydrogen-bond donors (Lipinski definition) is 0. The van der Waals surface area contributed by atoms with Crippen LogP contribution < -0.4 is 16.0 Å². The van der Waals surface area contributed by atoms with Gasteiger partial charge in [0.2, 0.25) is 0 Å². The molecule has 0 atom stereocenters. The summed E-state index contributed by atoms with van der Waals surface area (Å²) < 4.78 is 17.0. The first kappa shape index (κ1) is 20.0. The van der Waals surface area contributed by atoms with Crippen molar-refractivity contribution < 1.29 is 18.4 Å². The topological polar surface area (TPSA) is 86.7 Å². The molecule has 156 valence electrons. The SMILES string of the molecule is O=C(Oc1ccc2c(-c3cc4ccccc4oc3=O)cc(=O)oc2c1)c1ccc(Br)cc1. The summed E-state index contributed by atoms with van der Waals surface area (Å²) in [6.45, 7) is 0. The van der Waals surface area contributed by atoms with E-state index in [9.17, 15) is 14.4 Å². The maximum atomic E-state index is 12.6. The van der Waals surface area contributed by atoms with E-state index in [0.717, 1.165) is 9.86 Å². The molecule has 0 saturated heterocycles. The van der Waals surface area contributed by atoms with Gasteiger partial charge in [-0.25, -0.2) is 14.4 Å². The number of rotatable bonds is 3. The molecule has 0 aliphatic rings. The highest BCUT2D eigenvalue weighted by molar-refractivity contribution is 9.10. The van der Waals surface area contributed by atoms with Crippen molar-refractivity contribution in [1.29, 1.82) is 0 Å². The first-order valence-corrected chi connectivity index (χ1v) is 10.4. The maximum Gasteiger partial charge on any atom is 0.344 e. The Hall–Kier alpha value is -3.97. The minimum atomic E-state index is -0.642. The summed E-state index contributed by atoms with van der Waals surface area (Å²) in [6, 6.07) is 21.4. The largest absolute Gasteiger partial charge is 0.423 e. The molecule has 6 nitrogen and oxygen atoms in total. The second kappa shape index (κ2) is 7.94. The van der Waals surface area contributed by atoms with E-state index in [2.05, 4.69) is 15.9 Å². The molecule has 0 aliphatic heterocycles. The smallest absolute Gasteiger partial charge is 0.344 e. The number of para-hydroxylation sites is 1. The lowest BCUT2D eigenvalue weighted by Crippen LogP contribution is -2.09. The Bertz CT molecular complexity index is 1610. The van der Waals surface area contributed by atoms with Gasteiger partial charge in [-0.15, -0.1) is 0 Å². The second-order valence-electron chi connectivity index (χ2n) is 7.02. The van der Waals surface area contributed by atoms with E-state index in [1.165, 1.54) is 12.1 Å². The number of esters is 1. The molecule has 32 heavy (non-hydrogen) atoms. The summed E-state index contributed by atoms with van der Waals surface area (Å²) >= 11 is 3.32. The molecule has 7 heteroatoms. The van der Waals surface area contributed by atoms with E-state index in [1.807, 2.05) is 12.1 Å². The van der Waals surface area contributed by atoms with Crippen molar-refractivity contribution in [3.63, 3.8) is 0 Å². The summed E-state index contributed by atoms with van der Waals surface area (Å²) in [4.78, 5) is 37.2. The van der Waals surface area contributed by atoms with Gasteiger partial charge in [-0.2, -0.15) is 0 Å². The highest BCUT2D eigenvalue weighted by atomic mass is 79.9. The lowest BCUT2D eigenvalue weighted by molar-refractivity contribution is 0.0735. The Kier molecular flexibility index (Phi) is 4.95. The van der Waals surface area contributed by atoms with Gasteiger partial charge in [0.25, 0.3) is 0 Å². The van der Waals surface area contributed by atoms with Crippen LogP contribution in [-0.4, -0.2) is 5.97 Å². The average molecular weight is 489 g/mol. The highest BCUT2D eigenvalue weighted by Gasteiger charge is 2.15. The Labute approximate surface area is 188 Å². The fraction of sp³-hybridized carbons (Fsp3) is 0. The van der Waals surface area contributed by atoms with E-state index in [-0.39, 0.29) is 16.9 Å². The van der Waals surface area contributed by atoms with Crippen molar-refractivity contribution >= 4 is 43.8 Å². The van der Waals surface area contributed by atoms with E-state index < -0.39 is 17.2 Å². The molecular weight excluding hydrogens is 476 g/mol. The molecule has 5 aromatic rings. The number of ether oxygens (including phenoxy) is 1. The van der Waals surface area contributed by atoms with Gasteiger partial charge in [0.05, 0.1) is 11.1 Å². The van der Waals surface area contributed by atoms with Gasteiger partial charge in [-0.3, -0.25) is 0 Å². The van der Waals surface area contributed by atoms with Gasteiger partial charge in [0.1, 0.15) is 16.9 Å². The molecule has 2 heterocycles. The quantitative estimate of drug-likeness (QED) is 0.188. The van der Waals surface area contributed by atoms with Crippen LogP contribution in [-0.2, 0) is 0 Å². The summed E-state index contributed by atoms with van der Waals surface area (Å²) in [5.74, 6) is -0.346. The van der Waals surface area contributed by atoms with E-state index in [1.54, 1.807) is 54.6 Å². The van der Waals surface area contributed by atoms with Crippen LogP contribution in [0.25, 0.3) is 33.1 Å². The summed E-state index contributed by atoms with van der Waals surface area (Å²) in [6.07, 6.45) is 0. The zero-order chi connectivity index (χ0) is 22.2. The van der Waals surface area contributed by atoms with E-state index in [4.69, 9.17) is 13.6 Å². The van der Waals surface area contributed by atoms with E-state index >= 15 is 0 Å². The maximum absolute atomic E-state index is 12.6. The zero-order valence-electron chi connectivity index (χ0n) is 16.3. The second-order valence-corrected chi connectivity index (χ2v) is 7.93. The van der Waals surface area contributed by atoms with Crippen LogP contribution in [0.1, 0.15) is 10.4 Å². The number of halogens is 1. The van der Waals surface area contributed by atoms with Crippen LogP contribution >= 0.6 is 15.9 Å². The van der Waals surface area contributed by atoms with Crippen LogP contribution in [0.4, 0.5) is 0 Å². The molecular formula is C25H13BrO6. The number of carbonyl (C=O) groups is 1. The Morgan fingerprint density at radius 3 is 2.38 bits per heavy atom. The number of benzene rings is 3. The predicted octanol–water partition coefficient (Wildman–Crippen LogP) is 5.55. The van der Waals surface area contributed by atoms with Crippen LogP contribution in [0.15, 0.2) is 102 Å².